The highest BCUT2D eigenvalue weighted by molar-refractivity contribution is 9.10. The molecule has 1 aromatic carbocycles. The van der Waals surface area contributed by atoms with Gasteiger partial charge in [-0.2, -0.15) is 0 Å². The van der Waals surface area contributed by atoms with E-state index in [4.69, 9.17) is 17.3 Å². The van der Waals surface area contributed by atoms with Gasteiger partial charge in [0.1, 0.15) is 0 Å². The molecule has 1 amide bonds. The van der Waals surface area contributed by atoms with Crippen molar-refractivity contribution in [2.24, 2.45) is 11.7 Å². The number of hydrogen-bond donors (Lipinski definition) is 2. The lowest BCUT2D eigenvalue weighted by Crippen LogP contribution is -2.34. The van der Waals surface area contributed by atoms with Gasteiger partial charge in [-0.05, 0) is 37.5 Å². The number of anilines is 1. The molecule has 98 valence electrons. The maximum Gasteiger partial charge on any atom is 0.227 e. The van der Waals surface area contributed by atoms with Gasteiger partial charge in [-0.15, -0.1) is 0 Å². The first kappa shape index (κ1) is 13.8. The maximum absolute atomic E-state index is 12.1. The Morgan fingerprint density at radius 2 is 2.22 bits per heavy atom. The van der Waals surface area contributed by atoms with Crippen molar-refractivity contribution in [2.45, 2.75) is 31.7 Å². The molecule has 0 aromatic heterocycles. The predicted octanol–water partition coefficient (Wildman–Crippen LogP) is 3.56. The summed E-state index contributed by atoms with van der Waals surface area (Å²) < 4.78 is 0.894. The Morgan fingerprint density at radius 1 is 1.44 bits per heavy atom. The van der Waals surface area contributed by atoms with Crippen molar-refractivity contribution in [1.29, 1.82) is 0 Å². The predicted molar refractivity (Wildman–Crippen MR) is 77.7 cm³/mol. The lowest BCUT2D eigenvalue weighted by molar-refractivity contribution is -0.120. The Hall–Kier alpha value is -0.580. The molecule has 2 rings (SSSR count). The van der Waals surface area contributed by atoms with Crippen molar-refractivity contribution in [3.8, 4) is 0 Å². The van der Waals surface area contributed by atoms with Crippen LogP contribution in [0.5, 0.6) is 0 Å². The summed E-state index contributed by atoms with van der Waals surface area (Å²) >= 11 is 9.41. The number of halogens is 2. The highest BCUT2D eigenvalue weighted by Crippen LogP contribution is 2.28. The van der Waals surface area contributed by atoms with E-state index in [1.54, 1.807) is 12.1 Å². The number of benzene rings is 1. The first-order valence-electron chi connectivity index (χ1n) is 6.08. The highest BCUT2D eigenvalue weighted by Gasteiger charge is 2.25. The Morgan fingerprint density at radius 3 is 2.89 bits per heavy atom. The summed E-state index contributed by atoms with van der Waals surface area (Å²) in [5.41, 5.74) is 6.55. The second-order valence-corrected chi connectivity index (χ2v) is 6.06. The molecule has 0 heterocycles. The minimum absolute atomic E-state index is 0.00784. The molecular weight excluding hydrogens is 316 g/mol. The zero-order chi connectivity index (χ0) is 13.1. The average molecular weight is 332 g/mol. The van der Waals surface area contributed by atoms with Gasteiger partial charge in [0.2, 0.25) is 5.91 Å². The number of carbonyl (C=O) groups excluding carboxylic acids is 1. The summed E-state index contributed by atoms with van der Waals surface area (Å²) in [4.78, 5) is 12.1. The molecular formula is C13H16BrClN2O. The van der Waals surface area contributed by atoms with Gasteiger partial charge in [-0.25, -0.2) is 0 Å². The van der Waals surface area contributed by atoms with Gasteiger partial charge in [0.25, 0.3) is 0 Å². The Bertz CT molecular complexity index is 453. The molecule has 1 saturated carbocycles. The molecule has 2 unspecified atom stereocenters. The van der Waals surface area contributed by atoms with Gasteiger partial charge in [0.15, 0.2) is 0 Å². The fourth-order valence-corrected chi connectivity index (χ4v) is 3.01. The largest absolute Gasteiger partial charge is 0.328 e. The SMILES string of the molecule is NC1CCCC(C(=O)Nc2ccc(Br)cc2Cl)C1. The van der Waals surface area contributed by atoms with Crippen LogP contribution >= 0.6 is 27.5 Å². The van der Waals surface area contributed by atoms with Crippen molar-refractivity contribution in [3.63, 3.8) is 0 Å². The molecule has 1 aliphatic carbocycles. The zero-order valence-corrected chi connectivity index (χ0v) is 12.3. The molecule has 1 fully saturated rings. The van der Waals surface area contributed by atoms with Gasteiger partial charge in [0, 0.05) is 16.4 Å². The van der Waals surface area contributed by atoms with Crippen LogP contribution in [0.2, 0.25) is 5.02 Å². The van der Waals surface area contributed by atoms with Crippen LogP contribution in [0.4, 0.5) is 5.69 Å². The molecule has 0 bridgehead atoms. The van der Waals surface area contributed by atoms with Gasteiger partial charge < -0.3 is 11.1 Å². The van der Waals surface area contributed by atoms with Crippen LogP contribution in [-0.2, 0) is 4.79 Å². The van der Waals surface area contributed by atoms with E-state index in [2.05, 4.69) is 21.2 Å². The minimum Gasteiger partial charge on any atom is -0.328 e. The number of nitrogens with two attached hydrogens (primary N) is 1. The fraction of sp³-hybridized carbons (Fsp3) is 0.462. The summed E-state index contributed by atoms with van der Waals surface area (Å²) in [7, 11) is 0. The van der Waals surface area contributed by atoms with E-state index in [1.165, 1.54) is 0 Å². The van der Waals surface area contributed by atoms with E-state index in [1.807, 2.05) is 6.07 Å². The Labute approximate surface area is 120 Å². The number of rotatable bonds is 2. The number of carbonyl (C=O) groups is 1. The van der Waals surface area contributed by atoms with Crippen LogP contribution in [0.25, 0.3) is 0 Å². The van der Waals surface area contributed by atoms with E-state index in [9.17, 15) is 4.79 Å². The number of amides is 1. The normalized spacial score (nSPS) is 23.7. The Balaban J connectivity index is 2.02. The second-order valence-electron chi connectivity index (χ2n) is 4.74. The standard InChI is InChI=1S/C13H16BrClN2O/c14-9-4-5-12(11(15)7-9)17-13(18)8-2-1-3-10(16)6-8/h4-5,7-8,10H,1-3,6,16H2,(H,17,18). The van der Waals surface area contributed by atoms with Crippen molar-refractivity contribution < 1.29 is 4.79 Å². The quantitative estimate of drug-likeness (QED) is 0.870. The average Bonchev–Trinajstić information content (AvgIpc) is 2.32. The summed E-state index contributed by atoms with van der Waals surface area (Å²) in [6, 6.07) is 5.57. The van der Waals surface area contributed by atoms with Crippen molar-refractivity contribution >= 4 is 39.1 Å². The molecule has 3 nitrogen and oxygen atoms in total. The van der Waals surface area contributed by atoms with E-state index in [0.29, 0.717) is 10.7 Å². The van der Waals surface area contributed by atoms with Crippen molar-refractivity contribution in [3.05, 3.63) is 27.7 Å². The van der Waals surface area contributed by atoms with Crippen LogP contribution in [0, 0.1) is 5.92 Å². The van der Waals surface area contributed by atoms with Crippen LogP contribution in [0.3, 0.4) is 0 Å². The smallest absolute Gasteiger partial charge is 0.227 e. The summed E-state index contributed by atoms with van der Waals surface area (Å²) in [5, 5.41) is 3.42. The van der Waals surface area contributed by atoms with Gasteiger partial charge in [0.05, 0.1) is 10.7 Å². The van der Waals surface area contributed by atoms with Gasteiger partial charge in [-0.1, -0.05) is 34.0 Å². The topological polar surface area (TPSA) is 55.1 Å². The van der Waals surface area contributed by atoms with Gasteiger partial charge >= 0.3 is 0 Å². The molecule has 2 atom stereocenters. The molecule has 0 saturated heterocycles. The monoisotopic (exact) mass is 330 g/mol. The fourth-order valence-electron chi connectivity index (χ4n) is 2.29. The number of hydrogen-bond acceptors (Lipinski definition) is 2. The maximum atomic E-state index is 12.1. The van der Waals surface area contributed by atoms with Crippen LogP contribution in [0.1, 0.15) is 25.7 Å². The van der Waals surface area contributed by atoms with E-state index >= 15 is 0 Å². The molecule has 18 heavy (non-hydrogen) atoms. The van der Waals surface area contributed by atoms with Gasteiger partial charge in [-0.3, -0.25) is 4.79 Å². The molecule has 0 aliphatic heterocycles. The van der Waals surface area contributed by atoms with E-state index in [0.717, 1.165) is 30.2 Å². The summed E-state index contributed by atoms with van der Waals surface area (Å²) in [6.45, 7) is 0. The van der Waals surface area contributed by atoms with E-state index < -0.39 is 0 Å². The third-order valence-electron chi connectivity index (χ3n) is 3.27. The number of nitrogens with one attached hydrogen (secondary N) is 1. The van der Waals surface area contributed by atoms with Crippen LogP contribution in [-0.4, -0.2) is 11.9 Å². The highest BCUT2D eigenvalue weighted by atomic mass is 79.9. The zero-order valence-electron chi connectivity index (χ0n) is 9.96. The third kappa shape index (κ3) is 3.46. The third-order valence-corrected chi connectivity index (χ3v) is 4.08. The first-order chi connectivity index (χ1) is 8.56. The lowest BCUT2D eigenvalue weighted by Gasteiger charge is -2.25. The lowest BCUT2D eigenvalue weighted by atomic mass is 9.85. The van der Waals surface area contributed by atoms with Crippen molar-refractivity contribution in [1.82, 2.24) is 0 Å². The molecule has 0 spiro atoms. The first-order valence-corrected chi connectivity index (χ1v) is 7.25. The molecule has 1 aromatic rings. The van der Waals surface area contributed by atoms with Crippen molar-refractivity contribution in [2.75, 3.05) is 5.32 Å². The van der Waals surface area contributed by atoms with Crippen LogP contribution in [0.15, 0.2) is 22.7 Å². The molecule has 1 aliphatic rings. The Kier molecular flexibility index (Phi) is 4.65. The minimum atomic E-state index is 0.00784. The summed E-state index contributed by atoms with van der Waals surface area (Å²) in [5.74, 6) is 0.0304. The second kappa shape index (κ2) is 6.04. The van der Waals surface area contributed by atoms with E-state index in [-0.39, 0.29) is 17.9 Å². The molecule has 5 heteroatoms. The summed E-state index contributed by atoms with van der Waals surface area (Å²) in [6.07, 6.45) is 3.71. The van der Waals surface area contributed by atoms with Crippen LogP contribution < -0.4 is 11.1 Å². The molecule has 0 radical (unpaired) electrons. The molecule has 3 N–H and O–H groups in total.